The van der Waals surface area contributed by atoms with Crippen molar-refractivity contribution in [1.82, 2.24) is 0 Å². The predicted molar refractivity (Wildman–Crippen MR) is 110 cm³/mol. The summed E-state index contributed by atoms with van der Waals surface area (Å²) in [6.07, 6.45) is -6.02. The van der Waals surface area contributed by atoms with E-state index in [0.717, 1.165) is 13.8 Å². The number of carbonyl (C=O) groups excluding carboxylic acids is 2. The van der Waals surface area contributed by atoms with E-state index in [2.05, 4.69) is 22.6 Å². The Labute approximate surface area is 243 Å². The van der Waals surface area contributed by atoms with Crippen molar-refractivity contribution >= 4 is 11.9 Å². The lowest BCUT2D eigenvalue weighted by Crippen LogP contribution is -2.77. The summed E-state index contributed by atoms with van der Waals surface area (Å²) in [5.74, 6) is -86.9. The maximum absolute atomic E-state index is 14.0. The minimum absolute atomic E-state index is 0.680. The van der Waals surface area contributed by atoms with Gasteiger partial charge < -0.3 is 9.47 Å². The van der Waals surface area contributed by atoms with Gasteiger partial charge in [-0.2, -0.15) is 87.8 Å². The molecule has 270 valence electrons. The van der Waals surface area contributed by atoms with Crippen LogP contribution in [0.4, 0.5) is 87.8 Å². The average molecular weight is 726 g/mol. The van der Waals surface area contributed by atoms with Crippen molar-refractivity contribution < 1.29 is 107 Å². The summed E-state index contributed by atoms with van der Waals surface area (Å²) in [7, 11) is 0. The minimum atomic E-state index is -9.16. The van der Waals surface area contributed by atoms with Crippen LogP contribution in [0.25, 0.3) is 0 Å². The predicted octanol–water partition coefficient (Wildman–Crippen LogP) is 8.36. The topological polar surface area (TPSA) is 52.6 Å². The fourth-order valence-corrected chi connectivity index (χ4v) is 2.75. The van der Waals surface area contributed by atoms with Crippen molar-refractivity contribution in [1.29, 1.82) is 0 Å². The average Bonchev–Trinajstić information content (AvgIpc) is 2.86. The zero-order valence-electron chi connectivity index (χ0n) is 22.4. The van der Waals surface area contributed by atoms with Crippen LogP contribution in [0, 0.1) is 0 Å². The lowest BCUT2D eigenvalue weighted by atomic mass is 9.85. The van der Waals surface area contributed by atoms with Gasteiger partial charge in [0.25, 0.3) is 0 Å². The molecule has 0 heterocycles. The summed E-state index contributed by atoms with van der Waals surface area (Å²) >= 11 is 0. The highest BCUT2D eigenvalue weighted by Gasteiger charge is 2.97. The van der Waals surface area contributed by atoms with Crippen molar-refractivity contribution in [2.45, 2.75) is 85.9 Å². The highest BCUT2D eigenvalue weighted by Crippen LogP contribution is 2.66. The van der Waals surface area contributed by atoms with Gasteiger partial charge in [0.05, 0.1) is 26.1 Å². The van der Waals surface area contributed by atoms with Gasteiger partial charge in [-0.25, -0.2) is 9.59 Å². The summed E-state index contributed by atoms with van der Waals surface area (Å²) < 4.78 is 285. The first kappa shape index (κ1) is 43.0. The van der Waals surface area contributed by atoms with Gasteiger partial charge in [-0.1, -0.05) is 13.2 Å². The monoisotopic (exact) mass is 726 g/mol. The van der Waals surface area contributed by atoms with Gasteiger partial charge in [0, 0.05) is 11.1 Å². The molecule has 0 amide bonds. The number of hydrogen-bond donors (Lipinski definition) is 0. The van der Waals surface area contributed by atoms with Crippen molar-refractivity contribution in [2.24, 2.45) is 0 Å². The molecule has 0 unspecified atom stereocenters. The van der Waals surface area contributed by atoms with Crippen LogP contribution in [0.1, 0.15) is 26.7 Å². The third kappa shape index (κ3) is 6.57. The van der Waals surface area contributed by atoms with Crippen LogP contribution in [0.5, 0.6) is 0 Å². The van der Waals surface area contributed by atoms with E-state index in [9.17, 15) is 97.4 Å². The number of rotatable bonds is 17. The molecule has 0 fully saturated rings. The van der Waals surface area contributed by atoms with Crippen LogP contribution in [-0.2, 0) is 19.1 Å². The molecule has 0 bridgehead atoms. The molecule has 24 heteroatoms. The van der Waals surface area contributed by atoms with E-state index in [1.165, 1.54) is 0 Å². The molecule has 0 spiro atoms. The maximum atomic E-state index is 14.0. The van der Waals surface area contributed by atoms with Gasteiger partial charge in [-0.05, 0) is 13.8 Å². The number of carbonyl (C=O) groups is 2. The highest BCUT2D eigenvalue weighted by molar-refractivity contribution is 5.87. The molecule has 46 heavy (non-hydrogen) atoms. The highest BCUT2D eigenvalue weighted by atomic mass is 19.4. The molecule has 0 saturated heterocycles. The van der Waals surface area contributed by atoms with E-state index in [-0.39, 0.29) is 0 Å². The molecule has 0 radical (unpaired) electrons. The van der Waals surface area contributed by atoms with Crippen LogP contribution in [-0.4, -0.2) is 84.4 Å². The zero-order valence-corrected chi connectivity index (χ0v) is 22.4. The van der Waals surface area contributed by atoms with Crippen molar-refractivity contribution in [2.75, 3.05) is 13.2 Å². The minimum Gasteiger partial charge on any atom is -0.462 e. The Morgan fingerprint density at radius 3 is 0.761 bits per heavy atom. The van der Waals surface area contributed by atoms with Crippen LogP contribution < -0.4 is 0 Å². The molecular weight excluding hydrogens is 708 g/mol. The van der Waals surface area contributed by atoms with Crippen LogP contribution >= 0.6 is 0 Å². The summed E-state index contributed by atoms with van der Waals surface area (Å²) in [5, 5.41) is 0. The Kier molecular flexibility index (Phi) is 11.7. The van der Waals surface area contributed by atoms with Crippen molar-refractivity contribution in [3.63, 3.8) is 0 Å². The van der Waals surface area contributed by atoms with Gasteiger partial charge in [0.2, 0.25) is 0 Å². The first-order valence-electron chi connectivity index (χ1n) is 11.3. The lowest BCUT2D eigenvalue weighted by molar-refractivity contribution is -0.469. The number of esters is 2. The molecule has 4 nitrogen and oxygen atoms in total. The quantitative estimate of drug-likeness (QED) is 0.0860. The second kappa shape index (κ2) is 12.6. The van der Waals surface area contributed by atoms with Crippen molar-refractivity contribution in [3.8, 4) is 0 Å². The lowest BCUT2D eigenvalue weighted by Gasteiger charge is -2.45. The summed E-state index contributed by atoms with van der Waals surface area (Å²) in [4.78, 5) is 22.1. The Bertz CT molecular complexity index is 1080. The molecule has 0 aromatic carbocycles. The second-order valence-electron chi connectivity index (χ2n) is 9.34. The van der Waals surface area contributed by atoms with Crippen LogP contribution in [0.15, 0.2) is 24.3 Å². The largest absolute Gasteiger partial charge is 0.462 e. The van der Waals surface area contributed by atoms with E-state index in [0.29, 0.717) is 0 Å². The van der Waals surface area contributed by atoms with E-state index in [1.807, 2.05) is 0 Å². The fourth-order valence-electron chi connectivity index (χ4n) is 2.75. The normalized spacial score (nSPS) is 15.0. The molecule has 0 N–H and O–H groups in total. The molecule has 0 saturated carbocycles. The van der Waals surface area contributed by atoms with Crippen molar-refractivity contribution in [3.05, 3.63) is 24.3 Å². The fraction of sp³-hybridized carbons (Fsp3) is 0.727. The van der Waals surface area contributed by atoms with E-state index in [1.54, 1.807) is 0 Å². The van der Waals surface area contributed by atoms with Gasteiger partial charge in [-0.3, -0.25) is 0 Å². The molecule has 0 aliphatic carbocycles. The second-order valence-corrected chi connectivity index (χ2v) is 9.34. The molecule has 0 rings (SSSR count). The van der Waals surface area contributed by atoms with Gasteiger partial charge in [0.1, 0.15) is 0 Å². The summed E-state index contributed by atoms with van der Waals surface area (Å²) in [6.45, 7) is 2.94. The zero-order chi connectivity index (χ0) is 37.6. The van der Waals surface area contributed by atoms with Crippen LogP contribution in [0.2, 0.25) is 0 Å². The molecule has 0 aromatic rings. The summed E-state index contributed by atoms with van der Waals surface area (Å²) in [6, 6.07) is 0. The van der Waals surface area contributed by atoms with E-state index >= 15 is 0 Å². The Balaban J connectivity index is 6.76. The SMILES string of the molecule is C=C(C)C(=O)OCCC(F)(F)C(F)(F)C(F)(F)C(F)(F)C(F)(F)C(F)(F)C(F)(F)C(F)(F)C(F)(F)C(F)(F)CCOC(=O)C(=C)C. The first-order valence-corrected chi connectivity index (χ1v) is 11.3. The van der Waals surface area contributed by atoms with Gasteiger partial charge >= 0.3 is 71.2 Å². The Hall–Kier alpha value is -2.98. The number of ether oxygens (including phenoxy) is 2. The number of hydrogen-bond acceptors (Lipinski definition) is 4. The van der Waals surface area contributed by atoms with Gasteiger partial charge in [0.15, 0.2) is 0 Å². The molecule has 0 atom stereocenters. The standard InChI is InChI=1S/C22H18F20O4/c1-9(2)11(43)45-7-5-13(23,24)15(27,28)17(31,32)19(35,36)21(39,40)22(41,42)20(37,38)18(33,34)16(29,30)14(25,26)6-8-46-12(44)10(3)4/h1,3,5-8H2,2,4H3. The van der Waals surface area contributed by atoms with E-state index < -0.39 is 108 Å². The number of halogens is 20. The molecular formula is C22H18F20O4. The molecule has 0 aliphatic heterocycles. The van der Waals surface area contributed by atoms with Gasteiger partial charge in [-0.15, -0.1) is 0 Å². The first-order chi connectivity index (χ1) is 19.9. The molecule has 0 aromatic heterocycles. The molecule has 0 aliphatic rings. The third-order valence-electron chi connectivity index (χ3n) is 5.67. The number of alkyl halides is 20. The van der Waals surface area contributed by atoms with E-state index in [4.69, 9.17) is 0 Å². The Morgan fingerprint density at radius 1 is 0.413 bits per heavy atom. The summed E-state index contributed by atoms with van der Waals surface area (Å²) in [5.41, 5.74) is -1.36. The smallest absolute Gasteiger partial charge is 0.385 e. The third-order valence-corrected chi connectivity index (χ3v) is 5.67. The van der Waals surface area contributed by atoms with Crippen LogP contribution in [0.3, 0.4) is 0 Å². The maximum Gasteiger partial charge on any atom is 0.385 e. The Morgan fingerprint density at radius 2 is 0.587 bits per heavy atom.